The van der Waals surface area contributed by atoms with Crippen molar-refractivity contribution in [3.63, 3.8) is 0 Å². The number of aromatic nitrogens is 3. The summed E-state index contributed by atoms with van der Waals surface area (Å²) in [5.41, 5.74) is 0. The summed E-state index contributed by atoms with van der Waals surface area (Å²) < 4.78 is 20.9. The van der Waals surface area contributed by atoms with Gasteiger partial charge in [0.15, 0.2) is 0 Å². The minimum Gasteiger partial charge on any atom is -0.464 e. The van der Waals surface area contributed by atoms with Gasteiger partial charge in [-0.3, -0.25) is 0 Å². The molecule has 0 radical (unpaired) electrons. The highest BCUT2D eigenvalue weighted by molar-refractivity contribution is 5.26. The first-order valence-electron chi connectivity index (χ1n) is 6.56. The van der Waals surface area contributed by atoms with E-state index in [-0.39, 0.29) is 12.0 Å². The van der Waals surface area contributed by atoms with Crippen molar-refractivity contribution in [2.24, 2.45) is 0 Å². The first-order valence-corrected chi connectivity index (χ1v) is 6.56. The van der Waals surface area contributed by atoms with E-state index in [9.17, 15) is 0 Å². The molecule has 0 spiro atoms. The molecule has 0 aliphatic heterocycles. The number of nitrogens with zero attached hydrogens (tertiary/aromatic N) is 3. The Kier molecular flexibility index (Phi) is 8.32. The molecule has 0 saturated heterocycles. The van der Waals surface area contributed by atoms with Crippen LogP contribution >= 0.6 is 0 Å². The predicted molar refractivity (Wildman–Crippen MR) is 73.3 cm³/mol. The molecule has 8 nitrogen and oxygen atoms in total. The Morgan fingerprint density at radius 2 is 1.70 bits per heavy atom. The van der Waals surface area contributed by atoms with Crippen molar-refractivity contribution < 1.29 is 18.9 Å². The number of hydrogen-bond donors (Lipinski definition) is 1. The zero-order chi connectivity index (χ0) is 14.6. The van der Waals surface area contributed by atoms with Crippen LogP contribution in [0.1, 0.15) is 13.3 Å². The van der Waals surface area contributed by atoms with Gasteiger partial charge in [0.1, 0.15) is 6.61 Å². The van der Waals surface area contributed by atoms with Gasteiger partial charge in [0.2, 0.25) is 5.95 Å². The third-order valence-electron chi connectivity index (χ3n) is 2.19. The van der Waals surface area contributed by atoms with E-state index in [2.05, 4.69) is 20.3 Å². The second kappa shape index (κ2) is 10.2. The molecule has 0 aliphatic carbocycles. The van der Waals surface area contributed by atoms with Crippen LogP contribution < -0.4 is 14.8 Å². The van der Waals surface area contributed by atoms with Gasteiger partial charge in [-0.05, 0) is 13.3 Å². The Morgan fingerprint density at radius 1 is 0.950 bits per heavy atom. The Balaban J connectivity index is 2.33. The Morgan fingerprint density at radius 3 is 2.35 bits per heavy atom. The second-order valence-corrected chi connectivity index (χ2v) is 3.71. The van der Waals surface area contributed by atoms with Gasteiger partial charge in [0.05, 0.1) is 13.2 Å². The average molecular weight is 286 g/mol. The molecule has 1 heterocycles. The number of nitrogens with one attached hydrogen (secondary N) is 1. The summed E-state index contributed by atoms with van der Waals surface area (Å²) in [6.07, 6.45) is 0.862. The summed E-state index contributed by atoms with van der Waals surface area (Å²) in [6, 6.07) is 0.455. The van der Waals surface area contributed by atoms with E-state index in [1.54, 1.807) is 14.2 Å². The zero-order valence-electron chi connectivity index (χ0n) is 12.2. The van der Waals surface area contributed by atoms with Crippen LogP contribution in [0.4, 0.5) is 5.95 Å². The number of ether oxygens (including phenoxy) is 4. The smallest absolute Gasteiger partial charge is 0.324 e. The van der Waals surface area contributed by atoms with E-state index in [4.69, 9.17) is 18.9 Å². The van der Waals surface area contributed by atoms with Crippen molar-refractivity contribution in [2.75, 3.05) is 52.5 Å². The lowest BCUT2D eigenvalue weighted by molar-refractivity contribution is 0.0780. The van der Waals surface area contributed by atoms with Crippen LogP contribution in [0.2, 0.25) is 0 Å². The van der Waals surface area contributed by atoms with Gasteiger partial charge in [-0.15, -0.1) is 4.98 Å². The van der Waals surface area contributed by atoms with Gasteiger partial charge in [-0.1, -0.05) is 0 Å². The molecule has 0 atom stereocenters. The van der Waals surface area contributed by atoms with E-state index >= 15 is 0 Å². The largest absolute Gasteiger partial charge is 0.464 e. The lowest BCUT2D eigenvalue weighted by Gasteiger charge is -2.08. The van der Waals surface area contributed by atoms with Crippen molar-refractivity contribution in [2.45, 2.75) is 13.3 Å². The molecule has 8 heteroatoms. The van der Waals surface area contributed by atoms with Crippen molar-refractivity contribution in [3.8, 4) is 12.0 Å². The van der Waals surface area contributed by atoms with Crippen molar-refractivity contribution in [1.29, 1.82) is 0 Å². The zero-order valence-corrected chi connectivity index (χ0v) is 12.2. The molecular weight excluding hydrogens is 264 g/mol. The second-order valence-electron chi connectivity index (χ2n) is 3.71. The summed E-state index contributed by atoms with van der Waals surface area (Å²) >= 11 is 0. The summed E-state index contributed by atoms with van der Waals surface area (Å²) in [5, 5.41) is 2.82. The quantitative estimate of drug-likeness (QED) is 0.596. The van der Waals surface area contributed by atoms with E-state index in [0.29, 0.717) is 39.0 Å². The molecular formula is C12H22N4O4. The average Bonchev–Trinajstić information content (AvgIpc) is 2.46. The molecule has 0 unspecified atom stereocenters. The highest BCUT2D eigenvalue weighted by atomic mass is 16.5. The maximum atomic E-state index is 5.40. The minimum absolute atomic E-state index is 0.216. The fourth-order valence-electron chi connectivity index (χ4n) is 1.31. The Bertz CT molecular complexity index is 378. The van der Waals surface area contributed by atoms with Crippen molar-refractivity contribution in [3.05, 3.63) is 0 Å². The molecule has 20 heavy (non-hydrogen) atoms. The van der Waals surface area contributed by atoms with E-state index in [0.717, 1.165) is 6.42 Å². The Hall–Kier alpha value is -1.67. The van der Waals surface area contributed by atoms with E-state index in [1.807, 2.05) is 6.92 Å². The molecule has 114 valence electrons. The highest BCUT2D eigenvalue weighted by Gasteiger charge is 2.07. The van der Waals surface area contributed by atoms with Gasteiger partial charge in [-0.2, -0.15) is 9.97 Å². The maximum absolute atomic E-state index is 5.40. The van der Waals surface area contributed by atoms with Gasteiger partial charge in [-0.25, -0.2) is 0 Å². The first kappa shape index (κ1) is 16.4. The van der Waals surface area contributed by atoms with E-state index in [1.165, 1.54) is 0 Å². The first-order chi connectivity index (χ1) is 9.80. The number of rotatable bonds is 11. The number of hydrogen-bond acceptors (Lipinski definition) is 8. The fraction of sp³-hybridized carbons (Fsp3) is 0.750. The van der Waals surface area contributed by atoms with Gasteiger partial charge >= 0.3 is 12.0 Å². The molecule has 1 aromatic rings. The molecule has 1 aromatic heterocycles. The normalized spacial score (nSPS) is 10.3. The minimum atomic E-state index is 0.216. The third-order valence-corrected chi connectivity index (χ3v) is 2.19. The highest BCUT2D eigenvalue weighted by Crippen LogP contribution is 2.12. The summed E-state index contributed by atoms with van der Waals surface area (Å²) in [7, 11) is 3.38. The standard InChI is InChI=1S/C12H22N4O4/c1-4-19-11-14-10(13-2)15-12(16-11)20-9-8-18-7-5-6-17-3/h4-9H2,1-3H3,(H,13,14,15,16). The van der Waals surface area contributed by atoms with Crippen molar-refractivity contribution >= 4 is 5.95 Å². The summed E-state index contributed by atoms with van der Waals surface area (Å²) in [5.74, 6) is 0.402. The fourth-order valence-corrected chi connectivity index (χ4v) is 1.31. The van der Waals surface area contributed by atoms with Crippen LogP contribution in [0.15, 0.2) is 0 Å². The monoisotopic (exact) mass is 286 g/mol. The lowest BCUT2D eigenvalue weighted by Crippen LogP contribution is -2.12. The topological polar surface area (TPSA) is 87.6 Å². The summed E-state index contributed by atoms with van der Waals surface area (Å²) in [6.45, 7) is 4.50. The van der Waals surface area contributed by atoms with Crippen LogP contribution in [0.3, 0.4) is 0 Å². The Labute approximate surface area is 118 Å². The van der Waals surface area contributed by atoms with Crippen molar-refractivity contribution in [1.82, 2.24) is 15.0 Å². The van der Waals surface area contributed by atoms with Gasteiger partial charge < -0.3 is 24.3 Å². The SMILES string of the molecule is CCOc1nc(NC)nc(OCCOCCCOC)n1. The maximum Gasteiger partial charge on any atom is 0.324 e. The van der Waals surface area contributed by atoms with E-state index < -0.39 is 0 Å². The molecule has 0 aliphatic rings. The van der Waals surface area contributed by atoms with Gasteiger partial charge in [0, 0.05) is 27.4 Å². The van der Waals surface area contributed by atoms with Crippen LogP contribution in [-0.2, 0) is 9.47 Å². The van der Waals surface area contributed by atoms with Crippen LogP contribution in [-0.4, -0.2) is 62.1 Å². The molecule has 0 bridgehead atoms. The summed E-state index contributed by atoms with van der Waals surface area (Å²) in [4.78, 5) is 12.1. The molecule has 1 rings (SSSR count). The van der Waals surface area contributed by atoms with Crippen LogP contribution in [0.25, 0.3) is 0 Å². The molecule has 0 fully saturated rings. The molecule has 0 amide bonds. The third kappa shape index (κ3) is 6.48. The lowest BCUT2D eigenvalue weighted by atomic mass is 10.5. The number of methoxy groups -OCH3 is 1. The molecule has 0 aromatic carbocycles. The molecule has 0 saturated carbocycles. The number of anilines is 1. The van der Waals surface area contributed by atoms with Crippen LogP contribution in [0, 0.1) is 0 Å². The molecule has 1 N–H and O–H groups in total. The predicted octanol–water partition coefficient (Wildman–Crippen LogP) is 0.744. The van der Waals surface area contributed by atoms with Crippen LogP contribution in [0.5, 0.6) is 12.0 Å². The van der Waals surface area contributed by atoms with Gasteiger partial charge in [0.25, 0.3) is 0 Å².